The highest BCUT2D eigenvalue weighted by Crippen LogP contribution is 2.24. The minimum Gasteiger partial charge on any atom is -0.423 e. The number of hydrogen-bond acceptors (Lipinski definition) is 6. The summed E-state index contributed by atoms with van der Waals surface area (Å²) in [6.45, 7) is 5.79. The summed E-state index contributed by atoms with van der Waals surface area (Å²) >= 11 is 0. The molecule has 7 heteroatoms. The van der Waals surface area contributed by atoms with Crippen molar-refractivity contribution >= 4 is 5.91 Å². The van der Waals surface area contributed by atoms with Crippen molar-refractivity contribution in [2.24, 2.45) is 0 Å². The first-order valence-corrected chi connectivity index (χ1v) is 8.48. The number of aryl methyl sites for hydroxylation is 1. The molecule has 1 aliphatic rings. The van der Waals surface area contributed by atoms with Gasteiger partial charge >= 0.3 is 0 Å². The van der Waals surface area contributed by atoms with Crippen molar-refractivity contribution in [3.8, 4) is 0 Å². The molecule has 0 aliphatic carbocycles. The highest BCUT2D eigenvalue weighted by atomic mass is 16.5. The Hall–Kier alpha value is -2.25. The number of rotatable bonds is 5. The number of hydrogen-bond donors (Lipinski definition) is 0. The maximum atomic E-state index is 13.1. The Balaban J connectivity index is 1.70. The summed E-state index contributed by atoms with van der Waals surface area (Å²) < 4.78 is 11.1. The molecular weight excluding hydrogens is 320 g/mol. The number of morpholine rings is 1. The Labute approximate surface area is 147 Å². The third-order valence-corrected chi connectivity index (χ3v) is 4.53. The molecule has 2 atom stereocenters. The topological polar surface area (TPSA) is 71.7 Å². The smallest absolute Gasteiger partial charge is 0.241 e. The first-order valence-electron chi connectivity index (χ1n) is 8.48. The van der Waals surface area contributed by atoms with Crippen molar-refractivity contribution in [1.29, 1.82) is 0 Å². The average Bonchev–Trinajstić information content (AvgIpc) is 3.07. The molecule has 1 aromatic heterocycles. The summed E-state index contributed by atoms with van der Waals surface area (Å²) in [5.74, 6) is 0.966. The van der Waals surface area contributed by atoms with Crippen LogP contribution >= 0.6 is 0 Å². The third-order valence-electron chi connectivity index (χ3n) is 4.53. The molecule has 0 saturated carbocycles. The fourth-order valence-electron chi connectivity index (χ4n) is 2.96. The third kappa shape index (κ3) is 4.05. The molecule has 2 unspecified atom stereocenters. The molecule has 134 valence electrons. The van der Waals surface area contributed by atoms with E-state index in [1.165, 1.54) is 5.56 Å². The normalized spacial score (nSPS) is 19.2. The Morgan fingerprint density at radius 3 is 2.80 bits per heavy atom. The molecule has 0 spiro atoms. The number of likely N-dealkylation sites (N-methyl/N-ethyl adjacent to an activating group) is 1. The van der Waals surface area contributed by atoms with E-state index in [2.05, 4.69) is 22.3 Å². The zero-order valence-corrected chi connectivity index (χ0v) is 14.9. The van der Waals surface area contributed by atoms with Gasteiger partial charge in [0.1, 0.15) is 6.04 Å². The quantitative estimate of drug-likeness (QED) is 0.824. The number of ether oxygens (including phenoxy) is 1. The summed E-state index contributed by atoms with van der Waals surface area (Å²) in [4.78, 5) is 16.9. The second-order valence-corrected chi connectivity index (χ2v) is 6.36. The van der Waals surface area contributed by atoms with Crippen LogP contribution in [0.15, 0.2) is 34.7 Å². The Morgan fingerprint density at radius 1 is 1.36 bits per heavy atom. The van der Waals surface area contributed by atoms with Crippen LogP contribution in [0.2, 0.25) is 0 Å². The van der Waals surface area contributed by atoms with E-state index in [9.17, 15) is 4.79 Å². The van der Waals surface area contributed by atoms with Gasteiger partial charge in [-0.2, -0.15) is 0 Å². The molecular formula is C18H24N4O3. The van der Waals surface area contributed by atoms with Crippen molar-refractivity contribution < 1.29 is 13.9 Å². The van der Waals surface area contributed by atoms with Crippen LogP contribution in [0.25, 0.3) is 0 Å². The average molecular weight is 344 g/mol. The van der Waals surface area contributed by atoms with Gasteiger partial charge in [0, 0.05) is 20.0 Å². The van der Waals surface area contributed by atoms with Crippen molar-refractivity contribution in [3.05, 3.63) is 47.7 Å². The van der Waals surface area contributed by atoms with Gasteiger partial charge < -0.3 is 14.1 Å². The maximum Gasteiger partial charge on any atom is 0.241 e. The van der Waals surface area contributed by atoms with E-state index in [0.29, 0.717) is 38.1 Å². The Bertz CT molecular complexity index is 703. The lowest BCUT2D eigenvalue weighted by Gasteiger charge is -2.37. The van der Waals surface area contributed by atoms with Gasteiger partial charge in [0.05, 0.1) is 19.3 Å². The number of carbonyl (C=O) groups excluding carboxylic acids is 1. The van der Waals surface area contributed by atoms with E-state index >= 15 is 0 Å². The van der Waals surface area contributed by atoms with Crippen LogP contribution in [0.3, 0.4) is 0 Å². The molecule has 1 aromatic carbocycles. The highest BCUT2D eigenvalue weighted by Gasteiger charge is 2.35. The summed E-state index contributed by atoms with van der Waals surface area (Å²) in [5, 5.41) is 7.94. The SMILES string of the molecule is Cc1nnc(C2COCCN2C(=O)C(C)N(C)Cc2ccccc2)o1. The van der Waals surface area contributed by atoms with Gasteiger partial charge in [0.15, 0.2) is 0 Å². The van der Waals surface area contributed by atoms with E-state index in [1.54, 1.807) is 11.8 Å². The van der Waals surface area contributed by atoms with Crippen LogP contribution in [-0.4, -0.2) is 58.8 Å². The van der Waals surface area contributed by atoms with Crippen LogP contribution in [0, 0.1) is 6.92 Å². The van der Waals surface area contributed by atoms with Crippen LogP contribution in [0.4, 0.5) is 0 Å². The zero-order valence-electron chi connectivity index (χ0n) is 14.9. The monoisotopic (exact) mass is 344 g/mol. The van der Waals surface area contributed by atoms with Crippen molar-refractivity contribution in [1.82, 2.24) is 20.0 Å². The zero-order chi connectivity index (χ0) is 17.8. The Morgan fingerprint density at radius 2 is 2.12 bits per heavy atom. The molecule has 1 saturated heterocycles. The molecule has 0 N–H and O–H groups in total. The largest absolute Gasteiger partial charge is 0.423 e. The summed E-state index contributed by atoms with van der Waals surface area (Å²) in [5.41, 5.74) is 1.18. The number of nitrogens with zero attached hydrogens (tertiary/aromatic N) is 4. The van der Waals surface area contributed by atoms with Gasteiger partial charge in [-0.25, -0.2) is 0 Å². The molecule has 7 nitrogen and oxygen atoms in total. The lowest BCUT2D eigenvalue weighted by molar-refractivity contribution is -0.146. The molecule has 0 radical (unpaired) electrons. The maximum absolute atomic E-state index is 13.1. The van der Waals surface area contributed by atoms with Gasteiger partial charge in [-0.1, -0.05) is 30.3 Å². The lowest BCUT2D eigenvalue weighted by Crippen LogP contribution is -2.51. The van der Waals surface area contributed by atoms with E-state index in [-0.39, 0.29) is 18.0 Å². The minimum absolute atomic E-state index is 0.0441. The predicted octanol–water partition coefficient (Wildman–Crippen LogP) is 1.80. The number of benzene rings is 1. The number of amides is 1. The van der Waals surface area contributed by atoms with Gasteiger partial charge in [-0.15, -0.1) is 10.2 Å². The number of carbonyl (C=O) groups is 1. The van der Waals surface area contributed by atoms with Crippen molar-refractivity contribution in [2.45, 2.75) is 32.5 Å². The van der Waals surface area contributed by atoms with E-state index in [4.69, 9.17) is 9.15 Å². The van der Waals surface area contributed by atoms with Gasteiger partial charge in [0.25, 0.3) is 0 Å². The minimum atomic E-state index is -0.324. The molecule has 25 heavy (non-hydrogen) atoms. The van der Waals surface area contributed by atoms with Crippen LogP contribution in [0.5, 0.6) is 0 Å². The van der Waals surface area contributed by atoms with E-state index in [0.717, 1.165) is 0 Å². The molecule has 0 bridgehead atoms. The lowest BCUT2D eigenvalue weighted by atomic mass is 10.1. The summed E-state index contributed by atoms with van der Waals surface area (Å²) in [6, 6.07) is 9.54. The fourth-order valence-corrected chi connectivity index (χ4v) is 2.96. The highest BCUT2D eigenvalue weighted by molar-refractivity contribution is 5.82. The van der Waals surface area contributed by atoms with Gasteiger partial charge in [-0.3, -0.25) is 9.69 Å². The molecule has 3 rings (SSSR count). The summed E-state index contributed by atoms with van der Waals surface area (Å²) in [6.07, 6.45) is 0. The summed E-state index contributed by atoms with van der Waals surface area (Å²) in [7, 11) is 1.96. The van der Waals surface area contributed by atoms with E-state index in [1.807, 2.05) is 37.1 Å². The van der Waals surface area contributed by atoms with Crippen LogP contribution in [-0.2, 0) is 16.1 Å². The molecule has 2 aromatic rings. The van der Waals surface area contributed by atoms with Crippen LogP contribution < -0.4 is 0 Å². The second-order valence-electron chi connectivity index (χ2n) is 6.36. The predicted molar refractivity (Wildman–Crippen MR) is 91.7 cm³/mol. The first kappa shape index (κ1) is 17.6. The fraction of sp³-hybridized carbons (Fsp3) is 0.500. The Kier molecular flexibility index (Phi) is 5.45. The first-order chi connectivity index (χ1) is 12.1. The van der Waals surface area contributed by atoms with Crippen molar-refractivity contribution in [3.63, 3.8) is 0 Å². The molecule has 2 heterocycles. The van der Waals surface area contributed by atoms with Gasteiger partial charge in [-0.05, 0) is 19.5 Å². The second kappa shape index (κ2) is 7.76. The molecule has 1 fully saturated rings. The van der Waals surface area contributed by atoms with Crippen molar-refractivity contribution in [2.75, 3.05) is 26.8 Å². The molecule has 1 amide bonds. The van der Waals surface area contributed by atoms with Gasteiger partial charge in [0.2, 0.25) is 17.7 Å². The number of aromatic nitrogens is 2. The van der Waals surface area contributed by atoms with Crippen LogP contribution in [0.1, 0.15) is 30.3 Å². The standard InChI is InChI=1S/C18H24N4O3/c1-13(21(3)11-15-7-5-4-6-8-15)18(23)22-9-10-24-12-16(22)17-20-19-14(2)25-17/h4-8,13,16H,9-12H2,1-3H3. The molecule has 1 aliphatic heterocycles. The van der Waals surface area contributed by atoms with E-state index < -0.39 is 0 Å².